The summed E-state index contributed by atoms with van der Waals surface area (Å²) in [4.78, 5) is 25.3. The van der Waals surface area contributed by atoms with Gasteiger partial charge in [-0.15, -0.1) is 0 Å². The Morgan fingerprint density at radius 3 is 2.76 bits per heavy atom. The number of benzene rings is 1. The molecule has 0 radical (unpaired) electrons. The van der Waals surface area contributed by atoms with Crippen LogP contribution < -0.4 is 5.32 Å². The molecule has 1 aromatic rings. The van der Waals surface area contributed by atoms with Crippen molar-refractivity contribution in [3.8, 4) is 0 Å². The summed E-state index contributed by atoms with van der Waals surface area (Å²) in [7, 11) is 0. The first kappa shape index (κ1) is 16.1. The Morgan fingerprint density at radius 1 is 1.33 bits per heavy atom. The highest BCUT2D eigenvalue weighted by Gasteiger charge is 2.21. The topological polar surface area (TPSA) is 49.4 Å². The van der Waals surface area contributed by atoms with Gasteiger partial charge in [0.2, 0.25) is 11.8 Å². The van der Waals surface area contributed by atoms with Crippen molar-refractivity contribution in [2.24, 2.45) is 0 Å². The van der Waals surface area contributed by atoms with Crippen molar-refractivity contribution in [1.29, 1.82) is 0 Å². The van der Waals surface area contributed by atoms with Crippen molar-refractivity contribution in [3.05, 3.63) is 33.8 Å². The second-order valence-electron chi connectivity index (χ2n) is 5.24. The molecule has 0 spiro atoms. The van der Waals surface area contributed by atoms with Gasteiger partial charge in [0, 0.05) is 13.0 Å². The standard InChI is InChI=1S/C15H18Cl2N2O2/c1-10(11-5-6-12(16)13(17)8-11)18-14(20)9-19-7-3-2-4-15(19)21/h5-6,8,10H,2-4,7,9H2,1H3,(H,18,20). The van der Waals surface area contributed by atoms with Gasteiger partial charge >= 0.3 is 0 Å². The van der Waals surface area contributed by atoms with E-state index in [2.05, 4.69) is 5.32 Å². The molecule has 0 bridgehead atoms. The number of carbonyl (C=O) groups excluding carboxylic acids is 2. The van der Waals surface area contributed by atoms with Crippen LogP contribution >= 0.6 is 23.2 Å². The van der Waals surface area contributed by atoms with Crippen LogP contribution in [-0.2, 0) is 9.59 Å². The summed E-state index contributed by atoms with van der Waals surface area (Å²) in [5.41, 5.74) is 0.878. The van der Waals surface area contributed by atoms with Crippen LogP contribution in [-0.4, -0.2) is 29.8 Å². The second kappa shape index (κ2) is 7.14. The van der Waals surface area contributed by atoms with E-state index in [4.69, 9.17) is 23.2 Å². The van der Waals surface area contributed by atoms with Gasteiger partial charge in [0.05, 0.1) is 22.6 Å². The maximum absolute atomic E-state index is 12.0. The highest BCUT2D eigenvalue weighted by molar-refractivity contribution is 6.42. The molecule has 21 heavy (non-hydrogen) atoms. The number of hydrogen-bond donors (Lipinski definition) is 1. The fourth-order valence-corrected chi connectivity index (χ4v) is 2.66. The minimum absolute atomic E-state index is 0.0543. The summed E-state index contributed by atoms with van der Waals surface area (Å²) in [6, 6.07) is 5.08. The zero-order valence-corrected chi connectivity index (χ0v) is 13.4. The van der Waals surface area contributed by atoms with E-state index >= 15 is 0 Å². The molecule has 1 heterocycles. The summed E-state index contributed by atoms with van der Waals surface area (Å²) in [5.74, 6) is -0.109. The number of nitrogens with one attached hydrogen (secondary N) is 1. The highest BCUT2D eigenvalue weighted by atomic mass is 35.5. The number of hydrogen-bond acceptors (Lipinski definition) is 2. The van der Waals surface area contributed by atoms with Gasteiger partial charge in [-0.25, -0.2) is 0 Å². The zero-order chi connectivity index (χ0) is 15.4. The number of piperidine rings is 1. The molecule has 6 heteroatoms. The average molecular weight is 329 g/mol. The van der Waals surface area contributed by atoms with Gasteiger partial charge in [-0.2, -0.15) is 0 Å². The van der Waals surface area contributed by atoms with Crippen LogP contribution in [0.5, 0.6) is 0 Å². The van der Waals surface area contributed by atoms with E-state index in [-0.39, 0.29) is 24.4 Å². The minimum atomic E-state index is -0.188. The molecular formula is C15H18Cl2N2O2. The van der Waals surface area contributed by atoms with Gasteiger partial charge in [0.15, 0.2) is 0 Å². The summed E-state index contributed by atoms with van der Waals surface area (Å²) in [6.45, 7) is 2.65. The van der Waals surface area contributed by atoms with Crippen LogP contribution in [0, 0.1) is 0 Å². The Labute approximate surface area is 134 Å². The van der Waals surface area contributed by atoms with E-state index in [9.17, 15) is 9.59 Å². The smallest absolute Gasteiger partial charge is 0.240 e. The van der Waals surface area contributed by atoms with Gasteiger partial charge in [-0.1, -0.05) is 29.3 Å². The molecule has 1 aromatic carbocycles. The van der Waals surface area contributed by atoms with Crippen LogP contribution in [0.1, 0.15) is 37.8 Å². The molecule has 1 atom stereocenters. The zero-order valence-electron chi connectivity index (χ0n) is 11.9. The van der Waals surface area contributed by atoms with Crippen molar-refractivity contribution < 1.29 is 9.59 Å². The fourth-order valence-electron chi connectivity index (χ4n) is 2.35. The minimum Gasteiger partial charge on any atom is -0.348 e. The first-order chi connectivity index (χ1) is 9.97. The van der Waals surface area contributed by atoms with Crippen LogP contribution in [0.4, 0.5) is 0 Å². The number of halogens is 2. The Kier molecular flexibility index (Phi) is 5.48. The molecule has 114 valence electrons. The Morgan fingerprint density at radius 2 is 2.10 bits per heavy atom. The molecule has 1 unspecified atom stereocenters. The summed E-state index contributed by atoms with van der Waals surface area (Å²) in [6.07, 6.45) is 2.41. The fraction of sp³-hybridized carbons (Fsp3) is 0.467. The van der Waals surface area contributed by atoms with Crippen molar-refractivity contribution >= 4 is 35.0 Å². The number of nitrogens with zero attached hydrogens (tertiary/aromatic N) is 1. The lowest BCUT2D eigenvalue weighted by atomic mass is 10.1. The SMILES string of the molecule is CC(NC(=O)CN1CCCCC1=O)c1ccc(Cl)c(Cl)c1. The summed E-state index contributed by atoms with van der Waals surface area (Å²) >= 11 is 11.8. The third-order valence-electron chi connectivity index (χ3n) is 3.58. The highest BCUT2D eigenvalue weighted by Crippen LogP contribution is 2.25. The lowest BCUT2D eigenvalue weighted by molar-refractivity contribution is -0.138. The third-order valence-corrected chi connectivity index (χ3v) is 4.32. The molecule has 1 saturated heterocycles. The van der Waals surface area contributed by atoms with Crippen molar-refractivity contribution in [2.45, 2.75) is 32.2 Å². The van der Waals surface area contributed by atoms with Crippen molar-refractivity contribution in [3.63, 3.8) is 0 Å². The normalized spacial score (nSPS) is 16.7. The van der Waals surface area contributed by atoms with Gasteiger partial charge in [-0.05, 0) is 37.5 Å². The predicted molar refractivity (Wildman–Crippen MR) is 83.5 cm³/mol. The molecule has 1 fully saturated rings. The molecule has 1 N–H and O–H groups in total. The third kappa shape index (κ3) is 4.35. The number of likely N-dealkylation sites (tertiary alicyclic amines) is 1. The van der Waals surface area contributed by atoms with Crippen LogP contribution in [0.2, 0.25) is 10.0 Å². The summed E-state index contributed by atoms with van der Waals surface area (Å²) in [5, 5.41) is 3.82. The second-order valence-corrected chi connectivity index (χ2v) is 6.05. The maximum atomic E-state index is 12.0. The summed E-state index contributed by atoms with van der Waals surface area (Å²) < 4.78 is 0. The van der Waals surface area contributed by atoms with E-state index < -0.39 is 0 Å². The van der Waals surface area contributed by atoms with Crippen molar-refractivity contribution in [2.75, 3.05) is 13.1 Å². The molecule has 4 nitrogen and oxygen atoms in total. The Balaban J connectivity index is 1.92. The first-order valence-electron chi connectivity index (χ1n) is 6.99. The van der Waals surface area contributed by atoms with Crippen molar-refractivity contribution in [1.82, 2.24) is 10.2 Å². The lowest BCUT2D eigenvalue weighted by Gasteiger charge is -2.26. The molecule has 2 rings (SSSR count). The molecule has 0 saturated carbocycles. The number of rotatable bonds is 4. The molecule has 0 aromatic heterocycles. The number of carbonyl (C=O) groups is 2. The quantitative estimate of drug-likeness (QED) is 0.922. The monoisotopic (exact) mass is 328 g/mol. The van der Waals surface area contributed by atoms with E-state index in [0.29, 0.717) is 23.0 Å². The van der Waals surface area contributed by atoms with E-state index in [1.807, 2.05) is 13.0 Å². The maximum Gasteiger partial charge on any atom is 0.240 e. The van der Waals surface area contributed by atoms with Gasteiger partial charge in [0.25, 0.3) is 0 Å². The molecule has 2 amide bonds. The van der Waals surface area contributed by atoms with Gasteiger partial charge in [0.1, 0.15) is 0 Å². The first-order valence-corrected chi connectivity index (χ1v) is 7.75. The van der Waals surface area contributed by atoms with E-state index in [1.54, 1.807) is 17.0 Å². The molecule has 1 aliphatic heterocycles. The van der Waals surface area contributed by atoms with E-state index in [0.717, 1.165) is 18.4 Å². The number of amides is 2. The Hall–Kier alpha value is -1.26. The lowest BCUT2D eigenvalue weighted by Crippen LogP contribution is -2.43. The average Bonchev–Trinajstić information content (AvgIpc) is 2.44. The predicted octanol–water partition coefficient (Wildman–Crippen LogP) is 3.18. The van der Waals surface area contributed by atoms with Crippen LogP contribution in [0.15, 0.2) is 18.2 Å². The van der Waals surface area contributed by atoms with E-state index in [1.165, 1.54) is 0 Å². The van der Waals surface area contributed by atoms with Gasteiger partial charge in [-0.3, -0.25) is 9.59 Å². The van der Waals surface area contributed by atoms with Crippen LogP contribution in [0.25, 0.3) is 0 Å². The Bertz CT molecular complexity index is 548. The van der Waals surface area contributed by atoms with Gasteiger partial charge < -0.3 is 10.2 Å². The molecule has 0 aliphatic carbocycles. The largest absolute Gasteiger partial charge is 0.348 e. The van der Waals surface area contributed by atoms with Crippen LogP contribution in [0.3, 0.4) is 0 Å². The molecule has 1 aliphatic rings. The molecular weight excluding hydrogens is 311 g/mol.